The highest BCUT2D eigenvalue weighted by atomic mass is 79.9. The lowest BCUT2D eigenvalue weighted by molar-refractivity contribution is 0.559. The van der Waals surface area contributed by atoms with Gasteiger partial charge in [0, 0.05) is 39.3 Å². The van der Waals surface area contributed by atoms with Gasteiger partial charge in [-0.3, -0.25) is 0 Å². The molecule has 5 heteroatoms. The number of benzene rings is 2. The van der Waals surface area contributed by atoms with Crippen molar-refractivity contribution in [1.82, 2.24) is 15.1 Å². The van der Waals surface area contributed by atoms with Crippen LogP contribution in [0.1, 0.15) is 34.9 Å². The zero-order valence-electron chi connectivity index (χ0n) is 16.0. The van der Waals surface area contributed by atoms with E-state index in [0.29, 0.717) is 12.0 Å². The molecule has 0 unspecified atom stereocenters. The summed E-state index contributed by atoms with van der Waals surface area (Å²) in [5.41, 5.74) is 5.93. The fraction of sp³-hybridized carbons (Fsp3) is 0.261. The largest absolute Gasteiger partial charge is 0.306 e. The Morgan fingerprint density at radius 1 is 1.14 bits per heavy atom. The van der Waals surface area contributed by atoms with Crippen LogP contribution in [0.5, 0.6) is 0 Å². The summed E-state index contributed by atoms with van der Waals surface area (Å²) in [6.07, 6.45) is 5.65. The fourth-order valence-electron chi connectivity index (χ4n) is 4.01. The zero-order valence-corrected chi connectivity index (χ0v) is 18.3. The van der Waals surface area contributed by atoms with Crippen LogP contribution in [0.3, 0.4) is 0 Å². The lowest BCUT2D eigenvalue weighted by Gasteiger charge is -2.15. The highest BCUT2D eigenvalue weighted by Crippen LogP contribution is 2.34. The van der Waals surface area contributed by atoms with Gasteiger partial charge < -0.3 is 5.32 Å². The normalized spacial score (nSPS) is 18.7. The third-order valence-corrected chi connectivity index (χ3v) is 6.04. The van der Waals surface area contributed by atoms with Gasteiger partial charge in [0.05, 0.1) is 11.4 Å². The quantitative estimate of drug-likeness (QED) is 0.470. The molecule has 3 aromatic rings. The van der Waals surface area contributed by atoms with Gasteiger partial charge >= 0.3 is 0 Å². The first-order chi connectivity index (χ1) is 13.5. The van der Waals surface area contributed by atoms with Crippen molar-refractivity contribution in [3.8, 4) is 5.69 Å². The minimum atomic E-state index is 0.358. The minimum absolute atomic E-state index is 0.358. The van der Waals surface area contributed by atoms with E-state index in [9.17, 15) is 0 Å². The lowest BCUT2D eigenvalue weighted by atomic mass is 9.96. The Labute approximate surface area is 179 Å². The van der Waals surface area contributed by atoms with E-state index in [1.807, 2.05) is 30.3 Å². The van der Waals surface area contributed by atoms with Crippen molar-refractivity contribution in [1.29, 1.82) is 0 Å². The van der Waals surface area contributed by atoms with Crippen LogP contribution in [0, 0.1) is 13.8 Å². The van der Waals surface area contributed by atoms with E-state index >= 15 is 0 Å². The molecule has 1 heterocycles. The van der Waals surface area contributed by atoms with Crippen molar-refractivity contribution >= 4 is 27.5 Å². The zero-order chi connectivity index (χ0) is 19.7. The van der Waals surface area contributed by atoms with Crippen molar-refractivity contribution in [2.24, 2.45) is 0 Å². The van der Waals surface area contributed by atoms with Gasteiger partial charge in [-0.25, -0.2) is 4.68 Å². The van der Waals surface area contributed by atoms with Crippen LogP contribution >= 0.6 is 27.5 Å². The number of rotatable bonds is 5. The molecule has 0 saturated heterocycles. The van der Waals surface area contributed by atoms with Gasteiger partial charge in [-0.15, -0.1) is 0 Å². The molecule has 28 heavy (non-hydrogen) atoms. The number of hydrogen-bond donors (Lipinski definition) is 1. The number of allylic oxidation sites excluding steroid dienone is 1. The fourth-order valence-corrected chi connectivity index (χ4v) is 4.61. The number of hydrogen-bond acceptors (Lipinski definition) is 2. The molecule has 0 aliphatic heterocycles. The SMILES string of the molecule is Cc1nn(-c2cccc(Br)c2)c(C)c1[C@@H]1C=C[C@@H](NCc2cccc(Cl)c2)C1. The molecule has 0 spiro atoms. The van der Waals surface area contributed by atoms with E-state index in [2.05, 4.69) is 70.1 Å². The number of halogens is 2. The smallest absolute Gasteiger partial charge is 0.0660 e. The van der Waals surface area contributed by atoms with Crippen molar-refractivity contribution in [3.63, 3.8) is 0 Å². The van der Waals surface area contributed by atoms with Crippen LogP contribution in [0.4, 0.5) is 0 Å². The van der Waals surface area contributed by atoms with E-state index < -0.39 is 0 Å². The summed E-state index contributed by atoms with van der Waals surface area (Å²) in [6, 6.07) is 16.6. The second-order valence-corrected chi connectivity index (χ2v) is 8.67. The lowest BCUT2D eigenvalue weighted by Crippen LogP contribution is -2.25. The topological polar surface area (TPSA) is 29.9 Å². The molecule has 2 aromatic carbocycles. The molecular weight excluding hydrogens is 434 g/mol. The second-order valence-electron chi connectivity index (χ2n) is 7.32. The number of aromatic nitrogens is 2. The van der Waals surface area contributed by atoms with E-state index in [4.69, 9.17) is 16.7 Å². The number of nitrogens with one attached hydrogen (secondary N) is 1. The van der Waals surface area contributed by atoms with Crippen LogP contribution in [0.25, 0.3) is 5.69 Å². The van der Waals surface area contributed by atoms with Gasteiger partial charge in [0.2, 0.25) is 0 Å². The molecule has 4 rings (SSSR count). The van der Waals surface area contributed by atoms with Crippen LogP contribution in [-0.4, -0.2) is 15.8 Å². The molecule has 2 atom stereocenters. The van der Waals surface area contributed by atoms with Crippen LogP contribution in [0.15, 0.2) is 65.2 Å². The Morgan fingerprint density at radius 3 is 2.75 bits per heavy atom. The molecule has 144 valence electrons. The maximum atomic E-state index is 6.09. The van der Waals surface area contributed by atoms with Gasteiger partial charge in [-0.2, -0.15) is 5.10 Å². The second kappa shape index (κ2) is 8.24. The van der Waals surface area contributed by atoms with Gasteiger partial charge in [0.1, 0.15) is 0 Å². The van der Waals surface area contributed by atoms with E-state index in [1.54, 1.807) is 0 Å². The molecule has 0 radical (unpaired) electrons. The van der Waals surface area contributed by atoms with Crippen molar-refractivity contribution < 1.29 is 0 Å². The van der Waals surface area contributed by atoms with Crippen LogP contribution < -0.4 is 5.32 Å². The molecule has 3 nitrogen and oxygen atoms in total. The molecule has 0 fully saturated rings. The third-order valence-electron chi connectivity index (χ3n) is 5.31. The Kier molecular flexibility index (Phi) is 5.72. The summed E-state index contributed by atoms with van der Waals surface area (Å²) >= 11 is 9.64. The summed E-state index contributed by atoms with van der Waals surface area (Å²) in [7, 11) is 0. The summed E-state index contributed by atoms with van der Waals surface area (Å²) < 4.78 is 3.11. The van der Waals surface area contributed by atoms with Crippen molar-refractivity contribution in [3.05, 3.63) is 92.7 Å². The number of aryl methyl sites for hydroxylation is 1. The predicted molar refractivity (Wildman–Crippen MR) is 119 cm³/mol. The molecule has 1 aliphatic carbocycles. The molecule has 1 N–H and O–H groups in total. The van der Waals surface area contributed by atoms with Crippen LogP contribution in [-0.2, 0) is 6.54 Å². The third kappa shape index (κ3) is 4.09. The van der Waals surface area contributed by atoms with Crippen LogP contribution in [0.2, 0.25) is 5.02 Å². The summed E-state index contributed by atoms with van der Waals surface area (Å²) in [6.45, 7) is 5.09. The summed E-state index contributed by atoms with van der Waals surface area (Å²) in [5.74, 6) is 0.387. The van der Waals surface area contributed by atoms with E-state index in [1.165, 1.54) is 16.8 Å². The maximum Gasteiger partial charge on any atom is 0.0660 e. The maximum absolute atomic E-state index is 6.09. The first-order valence-corrected chi connectivity index (χ1v) is 10.7. The van der Waals surface area contributed by atoms with Crippen molar-refractivity contribution in [2.75, 3.05) is 0 Å². The van der Waals surface area contributed by atoms with Gasteiger partial charge in [-0.1, -0.05) is 57.9 Å². The molecule has 0 amide bonds. The first-order valence-electron chi connectivity index (χ1n) is 9.49. The predicted octanol–water partition coefficient (Wildman–Crippen LogP) is 6.11. The standard InChI is InChI=1S/C23H23BrClN3/c1-15-23(16(2)28(27-15)22-8-4-6-19(24)13-22)18-9-10-21(12-18)26-14-17-5-3-7-20(25)11-17/h3-11,13,18,21,26H,12,14H2,1-2H3/t18-,21-/m1/s1. The summed E-state index contributed by atoms with van der Waals surface area (Å²) in [4.78, 5) is 0. The minimum Gasteiger partial charge on any atom is -0.306 e. The van der Waals surface area contributed by atoms with Gasteiger partial charge in [0.15, 0.2) is 0 Å². The monoisotopic (exact) mass is 455 g/mol. The van der Waals surface area contributed by atoms with E-state index in [0.717, 1.165) is 33.8 Å². The average Bonchev–Trinajstić information content (AvgIpc) is 3.24. The number of nitrogens with zero attached hydrogens (tertiary/aromatic N) is 2. The molecule has 1 aliphatic rings. The molecule has 0 saturated carbocycles. The van der Waals surface area contributed by atoms with E-state index in [-0.39, 0.29) is 0 Å². The van der Waals surface area contributed by atoms with Crippen molar-refractivity contribution in [2.45, 2.75) is 38.8 Å². The Balaban J connectivity index is 1.48. The summed E-state index contributed by atoms with van der Waals surface area (Å²) in [5, 5.41) is 9.23. The van der Waals surface area contributed by atoms with Gasteiger partial charge in [0.25, 0.3) is 0 Å². The first kappa shape index (κ1) is 19.4. The Bertz CT molecular complexity index is 1020. The van der Waals surface area contributed by atoms with Gasteiger partial charge in [-0.05, 0) is 56.2 Å². The average molecular weight is 457 g/mol. The Hall–Kier alpha value is -1.88. The highest BCUT2D eigenvalue weighted by Gasteiger charge is 2.26. The Morgan fingerprint density at radius 2 is 1.96 bits per heavy atom. The highest BCUT2D eigenvalue weighted by molar-refractivity contribution is 9.10. The molecule has 0 bridgehead atoms. The molecule has 1 aromatic heterocycles. The molecular formula is C23H23BrClN3.